The standard InChI is InChI=1S/C12H15NO4/c1-12(2)5-8-7(11(16)17-3)4-9(14)10(15)13(8)6-12/h4,14H,5-6H2,1-3H3. The minimum Gasteiger partial charge on any atom is -0.503 e. The van der Waals surface area contributed by atoms with E-state index in [1.54, 1.807) is 0 Å². The van der Waals surface area contributed by atoms with E-state index >= 15 is 0 Å². The van der Waals surface area contributed by atoms with Crippen LogP contribution >= 0.6 is 0 Å². The van der Waals surface area contributed by atoms with E-state index in [9.17, 15) is 14.7 Å². The van der Waals surface area contributed by atoms with Crippen LogP contribution in [-0.2, 0) is 17.7 Å². The van der Waals surface area contributed by atoms with Crippen molar-refractivity contribution in [2.45, 2.75) is 26.8 Å². The zero-order valence-corrected chi connectivity index (χ0v) is 10.1. The predicted molar refractivity (Wildman–Crippen MR) is 61.2 cm³/mol. The van der Waals surface area contributed by atoms with Gasteiger partial charge < -0.3 is 14.4 Å². The van der Waals surface area contributed by atoms with Gasteiger partial charge in [-0.25, -0.2) is 4.79 Å². The fourth-order valence-electron chi connectivity index (χ4n) is 2.27. The lowest BCUT2D eigenvalue weighted by atomic mass is 9.90. The normalized spacial score (nSPS) is 16.6. The Morgan fingerprint density at radius 1 is 1.53 bits per heavy atom. The van der Waals surface area contributed by atoms with Gasteiger partial charge in [0.2, 0.25) is 0 Å². The number of aromatic hydroxyl groups is 1. The van der Waals surface area contributed by atoms with Crippen molar-refractivity contribution < 1.29 is 14.6 Å². The Morgan fingerprint density at radius 3 is 2.76 bits per heavy atom. The van der Waals surface area contributed by atoms with Crippen LogP contribution in [0.3, 0.4) is 0 Å². The molecule has 0 fully saturated rings. The van der Waals surface area contributed by atoms with E-state index < -0.39 is 17.3 Å². The molecule has 5 heteroatoms. The van der Waals surface area contributed by atoms with Crippen molar-refractivity contribution in [3.05, 3.63) is 27.7 Å². The highest BCUT2D eigenvalue weighted by Crippen LogP contribution is 2.33. The van der Waals surface area contributed by atoms with E-state index in [-0.39, 0.29) is 11.0 Å². The Bertz CT molecular complexity index is 542. The number of hydrogen-bond donors (Lipinski definition) is 1. The van der Waals surface area contributed by atoms with Crippen molar-refractivity contribution in [3.8, 4) is 5.75 Å². The highest BCUT2D eigenvalue weighted by Gasteiger charge is 2.33. The predicted octanol–water partition coefficient (Wildman–Crippen LogP) is 0.923. The molecule has 0 saturated carbocycles. The van der Waals surface area contributed by atoms with Gasteiger partial charge in [-0.3, -0.25) is 4.79 Å². The summed E-state index contributed by atoms with van der Waals surface area (Å²) >= 11 is 0. The Kier molecular flexibility index (Phi) is 2.49. The van der Waals surface area contributed by atoms with Crippen LogP contribution in [0, 0.1) is 5.41 Å². The van der Waals surface area contributed by atoms with Crippen LogP contribution in [-0.4, -0.2) is 22.8 Å². The monoisotopic (exact) mass is 237 g/mol. The Morgan fingerprint density at radius 2 is 2.18 bits per heavy atom. The SMILES string of the molecule is COC(=O)c1cc(O)c(=O)n2c1CC(C)(C)C2. The largest absolute Gasteiger partial charge is 0.503 e. The maximum atomic E-state index is 11.8. The number of rotatable bonds is 1. The number of ether oxygens (including phenoxy) is 1. The quantitative estimate of drug-likeness (QED) is 0.737. The second kappa shape index (κ2) is 3.61. The molecule has 0 spiro atoms. The van der Waals surface area contributed by atoms with Gasteiger partial charge in [0, 0.05) is 18.3 Å². The lowest BCUT2D eigenvalue weighted by Crippen LogP contribution is -2.23. The van der Waals surface area contributed by atoms with Crippen molar-refractivity contribution in [3.63, 3.8) is 0 Å². The maximum absolute atomic E-state index is 11.8. The summed E-state index contributed by atoms with van der Waals surface area (Å²) in [6.07, 6.45) is 0.618. The number of nitrogens with zero attached hydrogens (tertiary/aromatic N) is 1. The molecule has 1 aliphatic rings. The van der Waals surface area contributed by atoms with Crippen LogP contribution < -0.4 is 5.56 Å². The molecular formula is C12H15NO4. The number of fused-ring (bicyclic) bond motifs is 1. The van der Waals surface area contributed by atoms with Gasteiger partial charge in [0.15, 0.2) is 5.75 Å². The lowest BCUT2D eigenvalue weighted by molar-refractivity contribution is 0.0598. The third kappa shape index (κ3) is 1.81. The first-order chi connectivity index (χ1) is 7.85. The number of hydrogen-bond acceptors (Lipinski definition) is 4. The second-order valence-electron chi connectivity index (χ2n) is 5.11. The minimum atomic E-state index is -0.526. The number of carbonyl (C=O) groups excluding carboxylic acids is 1. The highest BCUT2D eigenvalue weighted by atomic mass is 16.5. The molecule has 0 bridgehead atoms. The van der Waals surface area contributed by atoms with Crippen LogP contribution in [0.15, 0.2) is 10.9 Å². The van der Waals surface area contributed by atoms with Crippen molar-refractivity contribution >= 4 is 5.97 Å². The van der Waals surface area contributed by atoms with Gasteiger partial charge in [-0.05, 0) is 11.8 Å². The summed E-state index contributed by atoms with van der Waals surface area (Å²) in [5.74, 6) is -0.936. The Balaban J connectivity index is 2.67. The van der Waals surface area contributed by atoms with Crippen LogP contribution in [0.1, 0.15) is 29.9 Å². The molecule has 1 aliphatic heterocycles. The molecule has 1 aromatic rings. The molecule has 17 heavy (non-hydrogen) atoms. The van der Waals surface area contributed by atoms with Crippen molar-refractivity contribution in [2.75, 3.05) is 7.11 Å². The molecule has 0 amide bonds. The Labute approximate surface area is 98.6 Å². The summed E-state index contributed by atoms with van der Waals surface area (Å²) in [5.41, 5.74) is 0.376. The first kappa shape index (κ1) is 11.7. The van der Waals surface area contributed by atoms with Crippen LogP contribution in [0.4, 0.5) is 0 Å². The molecule has 0 aliphatic carbocycles. The molecule has 0 atom stereocenters. The molecule has 1 N–H and O–H groups in total. The number of esters is 1. The summed E-state index contributed by atoms with van der Waals surface area (Å²) < 4.78 is 6.12. The first-order valence-corrected chi connectivity index (χ1v) is 5.40. The van der Waals surface area contributed by atoms with Crippen molar-refractivity contribution in [1.29, 1.82) is 0 Å². The topological polar surface area (TPSA) is 68.5 Å². The average molecular weight is 237 g/mol. The zero-order valence-electron chi connectivity index (χ0n) is 10.1. The molecule has 0 aromatic carbocycles. The number of pyridine rings is 1. The van der Waals surface area contributed by atoms with Gasteiger partial charge >= 0.3 is 5.97 Å². The summed E-state index contributed by atoms with van der Waals surface area (Å²) in [7, 11) is 1.28. The van der Waals surface area contributed by atoms with Crippen LogP contribution in [0.25, 0.3) is 0 Å². The van der Waals surface area contributed by atoms with E-state index in [1.807, 2.05) is 13.8 Å². The molecule has 2 rings (SSSR count). The lowest BCUT2D eigenvalue weighted by Gasteiger charge is -2.13. The average Bonchev–Trinajstić information content (AvgIpc) is 2.58. The highest BCUT2D eigenvalue weighted by molar-refractivity contribution is 5.91. The van der Waals surface area contributed by atoms with Gasteiger partial charge in [-0.1, -0.05) is 13.8 Å². The molecule has 0 radical (unpaired) electrons. The minimum absolute atomic E-state index is 0.0945. The van der Waals surface area contributed by atoms with Crippen LogP contribution in [0.2, 0.25) is 0 Å². The smallest absolute Gasteiger partial charge is 0.339 e. The third-order valence-electron chi connectivity index (χ3n) is 3.02. The van der Waals surface area contributed by atoms with Gasteiger partial charge in [0.05, 0.1) is 12.7 Å². The number of aromatic nitrogens is 1. The van der Waals surface area contributed by atoms with Gasteiger partial charge in [0.25, 0.3) is 5.56 Å². The second-order valence-corrected chi connectivity index (χ2v) is 5.11. The summed E-state index contributed by atoms with van der Waals surface area (Å²) in [5, 5.41) is 9.54. The molecule has 1 aromatic heterocycles. The van der Waals surface area contributed by atoms with E-state index in [0.29, 0.717) is 18.7 Å². The fraction of sp³-hybridized carbons (Fsp3) is 0.500. The molecule has 5 nitrogen and oxygen atoms in total. The molecule has 92 valence electrons. The number of carbonyl (C=O) groups is 1. The first-order valence-electron chi connectivity index (χ1n) is 5.40. The summed E-state index contributed by atoms with van der Waals surface area (Å²) in [6, 6.07) is 1.20. The van der Waals surface area contributed by atoms with Crippen molar-refractivity contribution in [2.24, 2.45) is 5.41 Å². The van der Waals surface area contributed by atoms with Gasteiger partial charge in [-0.15, -0.1) is 0 Å². The van der Waals surface area contributed by atoms with E-state index in [0.717, 1.165) is 0 Å². The van der Waals surface area contributed by atoms with E-state index in [1.165, 1.54) is 17.7 Å². The van der Waals surface area contributed by atoms with E-state index in [4.69, 9.17) is 0 Å². The maximum Gasteiger partial charge on any atom is 0.339 e. The molecular weight excluding hydrogens is 222 g/mol. The van der Waals surface area contributed by atoms with Crippen LogP contribution in [0.5, 0.6) is 5.75 Å². The molecule has 0 saturated heterocycles. The summed E-state index contributed by atoms with van der Waals surface area (Å²) in [4.78, 5) is 23.4. The Hall–Kier alpha value is -1.78. The van der Waals surface area contributed by atoms with Crippen molar-refractivity contribution in [1.82, 2.24) is 4.57 Å². The van der Waals surface area contributed by atoms with Gasteiger partial charge in [-0.2, -0.15) is 0 Å². The number of methoxy groups -OCH3 is 1. The third-order valence-corrected chi connectivity index (χ3v) is 3.02. The zero-order chi connectivity index (χ0) is 12.8. The van der Waals surface area contributed by atoms with E-state index in [2.05, 4.69) is 4.74 Å². The molecule has 0 unspecified atom stereocenters. The summed E-state index contributed by atoms with van der Waals surface area (Å²) in [6.45, 7) is 4.52. The van der Waals surface area contributed by atoms with Gasteiger partial charge in [0.1, 0.15) is 0 Å². The molecule has 2 heterocycles. The fourth-order valence-corrected chi connectivity index (χ4v) is 2.27.